The second kappa shape index (κ2) is 9.55. The zero-order valence-electron chi connectivity index (χ0n) is 16.2. The maximum atomic E-state index is 12.2. The largest absolute Gasteiger partial charge is 0.457 e. The van der Waals surface area contributed by atoms with Crippen LogP contribution in [0.2, 0.25) is 0 Å². The molecule has 0 aliphatic carbocycles. The summed E-state index contributed by atoms with van der Waals surface area (Å²) in [5.41, 5.74) is 0.522. The molecule has 1 heterocycles. The quantitative estimate of drug-likeness (QED) is 0.453. The van der Waals surface area contributed by atoms with E-state index in [0.717, 1.165) is 0 Å². The number of urea groups is 1. The van der Waals surface area contributed by atoms with Crippen molar-refractivity contribution in [3.8, 4) is 11.5 Å². The molecule has 0 radical (unpaired) electrons. The number of hydrogen-bond donors (Lipinski definition) is 3. The summed E-state index contributed by atoms with van der Waals surface area (Å²) in [4.78, 5) is 46.6. The van der Waals surface area contributed by atoms with Crippen molar-refractivity contribution in [3.05, 3.63) is 54.6 Å². The molecule has 1 saturated heterocycles. The van der Waals surface area contributed by atoms with E-state index >= 15 is 0 Å². The Morgan fingerprint density at radius 3 is 2.33 bits per heavy atom. The number of imide groups is 1. The second-order valence-electron chi connectivity index (χ2n) is 6.61. The lowest BCUT2D eigenvalue weighted by atomic mass is 10.1. The highest BCUT2D eigenvalue weighted by Crippen LogP contribution is 2.22. The van der Waals surface area contributed by atoms with Gasteiger partial charge in [-0.05, 0) is 49.7 Å². The smallest absolute Gasteiger partial charge is 0.322 e. The van der Waals surface area contributed by atoms with Crippen molar-refractivity contribution in [3.63, 3.8) is 0 Å². The van der Waals surface area contributed by atoms with Crippen LogP contribution >= 0.6 is 0 Å². The first-order valence-corrected chi connectivity index (χ1v) is 9.35. The molecule has 0 aromatic heterocycles. The minimum Gasteiger partial charge on any atom is -0.457 e. The number of rotatable bonds is 8. The van der Waals surface area contributed by atoms with Crippen molar-refractivity contribution < 1.29 is 28.7 Å². The highest BCUT2D eigenvalue weighted by Gasteiger charge is 2.30. The van der Waals surface area contributed by atoms with Gasteiger partial charge in [-0.15, -0.1) is 0 Å². The van der Waals surface area contributed by atoms with Crippen LogP contribution in [0.1, 0.15) is 19.8 Å². The molecule has 1 aliphatic heterocycles. The number of anilines is 1. The third-order valence-corrected chi connectivity index (χ3v) is 4.27. The fourth-order valence-electron chi connectivity index (χ4n) is 2.71. The van der Waals surface area contributed by atoms with E-state index in [9.17, 15) is 19.2 Å². The number of carbonyl (C=O) groups excluding carboxylic acids is 4. The molecular formula is C21H21N3O6. The lowest BCUT2D eigenvalue weighted by Gasteiger charge is -2.14. The van der Waals surface area contributed by atoms with Gasteiger partial charge in [-0.2, -0.15) is 0 Å². The number of carbonyl (C=O) groups is 4. The fraction of sp³-hybridized carbons (Fsp3) is 0.238. The van der Waals surface area contributed by atoms with Crippen molar-refractivity contribution in [1.82, 2.24) is 10.6 Å². The van der Waals surface area contributed by atoms with Gasteiger partial charge in [-0.1, -0.05) is 18.2 Å². The van der Waals surface area contributed by atoms with Gasteiger partial charge in [-0.25, -0.2) is 4.79 Å². The first-order valence-electron chi connectivity index (χ1n) is 9.35. The minimum absolute atomic E-state index is 0.0909. The van der Waals surface area contributed by atoms with Crippen LogP contribution in [0.3, 0.4) is 0 Å². The standard InChI is InChI=1S/C21H21N3O6/c1-13(29-18(25)12-11-17-20(27)24-21(28)23-17)19(26)22-14-7-9-16(10-8-14)30-15-5-3-2-4-6-15/h2-10,13,17H,11-12H2,1H3,(H,22,26)(H2,23,24,27,28)/t13-,17+/m1/s1. The summed E-state index contributed by atoms with van der Waals surface area (Å²) >= 11 is 0. The molecule has 0 unspecified atom stereocenters. The molecule has 2 atom stereocenters. The van der Waals surface area contributed by atoms with Gasteiger partial charge in [0.1, 0.15) is 17.5 Å². The number of nitrogens with one attached hydrogen (secondary N) is 3. The van der Waals surface area contributed by atoms with Crippen molar-refractivity contribution in [2.45, 2.75) is 31.9 Å². The van der Waals surface area contributed by atoms with E-state index < -0.39 is 36.0 Å². The Bertz CT molecular complexity index is 930. The summed E-state index contributed by atoms with van der Waals surface area (Å²) in [6, 6.07) is 14.7. The van der Waals surface area contributed by atoms with Crippen LogP contribution in [-0.4, -0.2) is 36.0 Å². The molecule has 3 N–H and O–H groups in total. The number of para-hydroxylation sites is 1. The SMILES string of the molecule is C[C@@H](OC(=O)CC[C@@H]1NC(=O)NC1=O)C(=O)Nc1ccc(Oc2ccccc2)cc1. The van der Waals surface area contributed by atoms with E-state index in [1.54, 1.807) is 24.3 Å². The maximum Gasteiger partial charge on any atom is 0.322 e. The predicted molar refractivity (Wildman–Crippen MR) is 107 cm³/mol. The Balaban J connectivity index is 1.43. The predicted octanol–water partition coefficient (Wildman–Crippen LogP) is 2.34. The third kappa shape index (κ3) is 5.81. The van der Waals surface area contributed by atoms with E-state index in [0.29, 0.717) is 17.2 Å². The highest BCUT2D eigenvalue weighted by atomic mass is 16.5. The van der Waals surface area contributed by atoms with Crippen LogP contribution in [0.25, 0.3) is 0 Å². The number of amides is 4. The van der Waals surface area contributed by atoms with Crippen molar-refractivity contribution in [2.24, 2.45) is 0 Å². The number of benzene rings is 2. The topological polar surface area (TPSA) is 123 Å². The average Bonchev–Trinajstić information content (AvgIpc) is 3.05. The molecule has 1 aliphatic rings. The normalized spacial score (nSPS) is 16.2. The van der Waals surface area contributed by atoms with Crippen LogP contribution in [0.15, 0.2) is 54.6 Å². The molecule has 2 aromatic rings. The third-order valence-electron chi connectivity index (χ3n) is 4.27. The molecular weight excluding hydrogens is 390 g/mol. The van der Waals surface area contributed by atoms with E-state index in [2.05, 4.69) is 16.0 Å². The summed E-state index contributed by atoms with van der Waals surface area (Å²) in [6.45, 7) is 1.45. The highest BCUT2D eigenvalue weighted by molar-refractivity contribution is 6.04. The Kier molecular flexibility index (Phi) is 6.63. The van der Waals surface area contributed by atoms with E-state index in [1.807, 2.05) is 30.3 Å². The van der Waals surface area contributed by atoms with Gasteiger partial charge in [0.05, 0.1) is 0 Å². The lowest BCUT2D eigenvalue weighted by molar-refractivity contribution is -0.153. The lowest BCUT2D eigenvalue weighted by Crippen LogP contribution is -2.32. The van der Waals surface area contributed by atoms with E-state index in [-0.39, 0.29) is 12.8 Å². The van der Waals surface area contributed by atoms with Gasteiger partial charge in [0.2, 0.25) is 0 Å². The van der Waals surface area contributed by atoms with Crippen LogP contribution in [-0.2, 0) is 19.1 Å². The molecule has 30 heavy (non-hydrogen) atoms. The molecule has 2 aromatic carbocycles. The van der Waals surface area contributed by atoms with Gasteiger partial charge in [0.25, 0.3) is 11.8 Å². The second-order valence-corrected chi connectivity index (χ2v) is 6.61. The van der Waals surface area contributed by atoms with Crippen molar-refractivity contribution in [2.75, 3.05) is 5.32 Å². The van der Waals surface area contributed by atoms with E-state index in [1.165, 1.54) is 6.92 Å². The molecule has 0 bridgehead atoms. The summed E-state index contributed by atoms with van der Waals surface area (Å²) in [7, 11) is 0. The summed E-state index contributed by atoms with van der Waals surface area (Å²) in [5.74, 6) is -0.310. The molecule has 156 valence electrons. The van der Waals surface area contributed by atoms with Crippen LogP contribution < -0.4 is 20.7 Å². The van der Waals surface area contributed by atoms with Crippen LogP contribution in [0.5, 0.6) is 11.5 Å². The Morgan fingerprint density at radius 1 is 1.03 bits per heavy atom. The summed E-state index contributed by atoms with van der Waals surface area (Å²) in [5, 5.41) is 7.13. The molecule has 1 fully saturated rings. The van der Waals surface area contributed by atoms with Crippen molar-refractivity contribution in [1.29, 1.82) is 0 Å². The van der Waals surface area contributed by atoms with Gasteiger partial charge >= 0.3 is 12.0 Å². The molecule has 9 heteroatoms. The number of ether oxygens (including phenoxy) is 2. The minimum atomic E-state index is -1.02. The fourth-order valence-corrected chi connectivity index (χ4v) is 2.71. The Morgan fingerprint density at radius 2 is 1.70 bits per heavy atom. The van der Waals surface area contributed by atoms with E-state index in [4.69, 9.17) is 9.47 Å². The van der Waals surface area contributed by atoms with Gasteiger partial charge < -0.3 is 20.1 Å². The Labute approximate surface area is 172 Å². The van der Waals surface area contributed by atoms with Gasteiger partial charge in [-0.3, -0.25) is 19.7 Å². The molecule has 0 spiro atoms. The first kappa shape index (κ1) is 20.8. The Hall–Kier alpha value is -3.88. The molecule has 0 saturated carbocycles. The molecule has 4 amide bonds. The summed E-state index contributed by atoms with van der Waals surface area (Å²) < 4.78 is 10.8. The zero-order valence-corrected chi connectivity index (χ0v) is 16.2. The van der Waals surface area contributed by atoms with Gasteiger partial charge in [0, 0.05) is 12.1 Å². The molecule has 9 nitrogen and oxygen atoms in total. The monoisotopic (exact) mass is 411 g/mol. The van der Waals surface area contributed by atoms with Gasteiger partial charge in [0.15, 0.2) is 6.10 Å². The van der Waals surface area contributed by atoms with Crippen LogP contribution in [0.4, 0.5) is 10.5 Å². The number of hydrogen-bond acceptors (Lipinski definition) is 6. The zero-order chi connectivity index (χ0) is 21.5. The number of esters is 1. The average molecular weight is 411 g/mol. The first-order chi connectivity index (χ1) is 14.4. The van der Waals surface area contributed by atoms with Crippen molar-refractivity contribution >= 4 is 29.5 Å². The summed E-state index contributed by atoms with van der Waals surface area (Å²) in [6.07, 6.45) is -1.04. The van der Waals surface area contributed by atoms with Crippen LogP contribution in [0, 0.1) is 0 Å². The molecule has 3 rings (SSSR count). The maximum absolute atomic E-state index is 12.2.